The zero-order valence-corrected chi connectivity index (χ0v) is 19.5. The predicted octanol–water partition coefficient (Wildman–Crippen LogP) is 3.54. The first-order valence-corrected chi connectivity index (χ1v) is 10.8. The molecule has 1 fully saturated rings. The Morgan fingerprint density at radius 3 is 2.31 bits per heavy atom. The fraction of sp³-hybridized carbons (Fsp3) is 0.500. The zero-order chi connectivity index (χ0) is 23.1. The molecule has 10 heteroatoms. The average Bonchev–Trinajstić information content (AvgIpc) is 3.15. The van der Waals surface area contributed by atoms with E-state index in [4.69, 9.17) is 0 Å². The van der Waals surface area contributed by atoms with E-state index < -0.39 is 5.82 Å². The Bertz CT molecular complexity index is 971. The lowest BCUT2D eigenvalue weighted by atomic mass is 9.77. The lowest BCUT2D eigenvalue weighted by Crippen LogP contribution is -2.61. The lowest BCUT2D eigenvalue weighted by molar-refractivity contribution is -0.00778. The number of rotatable bonds is 5. The van der Waals surface area contributed by atoms with Crippen molar-refractivity contribution in [2.45, 2.75) is 57.7 Å². The number of hydrazine groups is 2. The number of hydrogen-bond acceptors (Lipinski definition) is 9. The fourth-order valence-electron chi connectivity index (χ4n) is 4.49. The molecule has 1 saturated heterocycles. The molecular weight excluding hydrogens is 409 g/mol. The fourth-order valence-corrected chi connectivity index (χ4v) is 4.49. The van der Waals surface area contributed by atoms with Crippen molar-refractivity contribution >= 4 is 29.5 Å². The van der Waals surface area contributed by atoms with Gasteiger partial charge < -0.3 is 10.6 Å². The highest BCUT2D eigenvalue weighted by Gasteiger charge is 2.43. The molecule has 1 aromatic carbocycles. The van der Waals surface area contributed by atoms with Gasteiger partial charge >= 0.3 is 0 Å². The summed E-state index contributed by atoms with van der Waals surface area (Å²) < 4.78 is 14.5. The lowest BCUT2D eigenvalue weighted by Gasteiger charge is -2.53. The highest BCUT2D eigenvalue weighted by molar-refractivity contribution is 5.79. The van der Waals surface area contributed by atoms with E-state index in [9.17, 15) is 4.39 Å². The monoisotopic (exact) mass is 441 g/mol. The molecule has 0 aliphatic carbocycles. The molecule has 2 aliphatic heterocycles. The van der Waals surface area contributed by atoms with Gasteiger partial charge in [-0.2, -0.15) is 4.98 Å². The molecule has 0 amide bonds. The molecule has 0 saturated carbocycles. The van der Waals surface area contributed by atoms with Gasteiger partial charge in [-0.05, 0) is 71.8 Å². The molecule has 2 aliphatic rings. The third-order valence-corrected chi connectivity index (χ3v) is 6.39. The number of anilines is 4. The molecule has 0 atom stereocenters. The zero-order valence-electron chi connectivity index (χ0n) is 19.5. The summed E-state index contributed by atoms with van der Waals surface area (Å²) in [5.41, 5.74) is 4.78. The summed E-state index contributed by atoms with van der Waals surface area (Å²) in [5.74, 6) is 0.110. The molecule has 0 spiro atoms. The molecule has 0 bridgehead atoms. The summed E-state index contributed by atoms with van der Waals surface area (Å²) in [4.78, 5) is 10.9. The van der Waals surface area contributed by atoms with Crippen LogP contribution < -0.4 is 21.2 Å². The molecule has 32 heavy (non-hydrogen) atoms. The summed E-state index contributed by atoms with van der Waals surface area (Å²) in [6, 6.07) is 7.80. The van der Waals surface area contributed by atoms with E-state index in [0.717, 1.165) is 24.2 Å². The van der Waals surface area contributed by atoms with Gasteiger partial charge in [-0.25, -0.2) is 19.5 Å². The highest BCUT2D eigenvalue weighted by atomic mass is 19.1. The maximum atomic E-state index is 14.5. The number of nitrogens with one attached hydrogen (secondary N) is 3. The first-order valence-electron chi connectivity index (χ1n) is 10.8. The second-order valence-corrected chi connectivity index (χ2v) is 9.72. The van der Waals surface area contributed by atoms with Crippen molar-refractivity contribution in [3.05, 3.63) is 36.3 Å². The minimum absolute atomic E-state index is 0.00450. The van der Waals surface area contributed by atoms with E-state index in [-0.39, 0.29) is 22.9 Å². The minimum atomic E-state index is -0.455. The maximum Gasteiger partial charge on any atom is 0.229 e. The number of nitrogens with zero attached hydrogens (tertiary/aromatic N) is 6. The van der Waals surface area contributed by atoms with E-state index in [1.54, 1.807) is 16.5 Å². The van der Waals surface area contributed by atoms with Gasteiger partial charge in [0.05, 0.1) is 11.9 Å². The molecule has 0 radical (unpaired) electrons. The quantitative estimate of drug-likeness (QED) is 0.650. The first kappa shape index (κ1) is 22.2. The Morgan fingerprint density at radius 1 is 1.06 bits per heavy atom. The minimum Gasteiger partial charge on any atom is -0.365 e. The van der Waals surface area contributed by atoms with Gasteiger partial charge in [-0.3, -0.25) is 4.90 Å². The van der Waals surface area contributed by atoms with E-state index in [0.29, 0.717) is 5.95 Å². The van der Waals surface area contributed by atoms with Gasteiger partial charge in [0.25, 0.3) is 0 Å². The summed E-state index contributed by atoms with van der Waals surface area (Å²) >= 11 is 0. The normalized spacial score (nSPS) is 20.6. The van der Waals surface area contributed by atoms with Crippen LogP contribution in [0, 0.1) is 5.82 Å². The topological polar surface area (TPSA) is 84.0 Å². The van der Waals surface area contributed by atoms with Crippen molar-refractivity contribution < 1.29 is 4.39 Å². The van der Waals surface area contributed by atoms with E-state index in [2.05, 4.69) is 70.9 Å². The average molecular weight is 442 g/mol. The van der Waals surface area contributed by atoms with E-state index >= 15 is 0 Å². The molecule has 3 heterocycles. The molecule has 1 aromatic heterocycles. The predicted molar refractivity (Wildman–Crippen MR) is 126 cm³/mol. The van der Waals surface area contributed by atoms with E-state index in [1.165, 1.54) is 6.20 Å². The summed E-state index contributed by atoms with van der Waals surface area (Å²) in [7, 11) is 3.97. The van der Waals surface area contributed by atoms with Gasteiger partial charge in [0, 0.05) is 29.9 Å². The van der Waals surface area contributed by atoms with Crippen LogP contribution in [0.1, 0.15) is 40.5 Å². The molecule has 172 valence electrons. The number of halogens is 1. The van der Waals surface area contributed by atoms with Crippen LogP contribution in [0.5, 0.6) is 0 Å². The highest BCUT2D eigenvalue weighted by Crippen LogP contribution is 2.38. The Hall–Kier alpha value is -2.98. The van der Waals surface area contributed by atoms with Crippen LogP contribution in [0.25, 0.3) is 0 Å². The second kappa shape index (κ2) is 8.18. The molecule has 9 nitrogen and oxygen atoms in total. The van der Waals surface area contributed by atoms with Gasteiger partial charge in [0.1, 0.15) is 6.34 Å². The third kappa shape index (κ3) is 4.61. The number of likely N-dealkylation sites (tertiary alicyclic amines) is 1. The first-order chi connectivity index (χ1) is 15.0. The molecule has 0 unspecified atom stereocenters. The maximum absolute atomic E-state index is 14.5. The number of hydrogen-bond donors (Lipinski definition) is 3. The Balaban J connectivity index is 1.45. The third-order valence-electron chi connectivity index (χ3n) is 6.39. The number of aromatic nitrogens is 2. The Kier molecular flexibility index (Phi) is 5.68. The second-order valence-electron chi connectivity index (χ2n) is 9.72. The van der Waals surface area contributed by atoms with Crippen molar-refractivity contribution in [1.82, 2.24) is 25.5 Å². The van der Waals surface area contributed by atoms with Crippen LogP contribution >= 0.6 is 0 Å². The number of piperidine rings is 1. The van der Waals surface area contributed by atoms with Crippen molar-refractivity contribution in [2.75, 3.05) is 29.7 Å². The number of benzene rings is 1. The summed E-state index contributed by atoms with van der Waals surface area (Å²) in [6.07, 6.45) is 4.68. The van der Waals surface area contributed by atoms with Gasteiger partial charge in [0.15, 0.2) is 11.6 Å². The van der Waals surface area contributed by atoms with Crippen LogP contribution in [-0.4, -0.2) is 57.5 Å². The van der Waals surface area contributed by atoms with Gasteiger partial charge in [-0.1, -0.05) is 0 Å². The van der Waals surface area contributed by atoms with Crippen molar-refractivity contribution in [3.8, 4) is 0 Å². The molecular formula is C22H32FN9. The Labute approximate surface area is 188 Å². The molecule has 4 rings (SSSR count). The molecule has 3 N–H and O–H groups in total. The van der Waals surface area contributed by atoms with Crippen LogP contribution in [-0.2, 0) is 0 Å². The smallest absolute Gasteiger partial charge is 0.229 e. The van der Waals surface area contributed by atoms with Crippen LogP contribution in [0.2, 0.25) is 0 Å². The molecule has 2 aromatic rings. The van der Waals surface area contributed by atoms with Crippen LogP contribution in [0.4, 0.5) is 27.5 Å². The SMILES string of the molecule is CN1N=CN(c2ccc(Nc3ncc(F)c(NC4CC(C)(C)N(C)C(C)(C)C4)n3)cc2)N1. The van der Waals surface area contributed by atoms with Gasteiger partial charge in [-0.15, -0.1) is 10.6 Å². The Morgan fingerprint density at radius 2 is 1.72 bits per heavy atom. The van der Waals surface area contributed by atoms with Crippen molar-refractivity contribution in [2.24, 2.45) is 5.10 Å². The largest absolute Gasteiger partial charge is 0.365 e. The van der Waals surface area contributed by atoms with Crippen molar-refractivity contribution in [1.29, 1.82) is 0 Å². The van der Waals surface area contributed by atoms with Crippen LogP contribution in [0.15, 0.2) is 35.6 Å². The van der Waals surface area contributed by atoms with Crippen molar-refractivity contribution in [3.63, 3.8) is 0 Å². The summed E-state index contributed by atoms with van der Waals surface area (Å²) in [6.45, 7) is 8.88. The van der Waals surface area contributed by atoms with Crippen LogP contribution in [0.3, 0.4) is 0 Å². The number of hydrazone groups is 1. The summed E-state index contributed by atoms with van der Waals surface area (Å²) in [5, 5.41) is 14.0. The van der Waals surface area contributed by atoms with E-state index in [1.807, 2.05) is 31.3 Å². The van der Waals surface area contributed by atoms with Gasteiger partial charge in [0.2, 0.25) is 5.95 Å². The standard InChI is InChI=1S/C22H32FN9/c1-21(2)11-16(12-22(3,4)30(21)5)26-19-18(23)13-24-20(28-19)27-15-7-9-17(10-8-15)32-14-25-31(6)29-32/h7-10,13-14,16,29H,11-12H2,1-6H3,(H2,24,26,27,28).